The van der Waals surface area contributed by atoms with Crippen LogP contribution in [-0.4, -0.2) is 19.5 Å². The molecule has 4 unspecified atom stereocenters. The monoisotopic (exact) mass is 264 g/mol. The first-order chi connectivity index (χ1) is 8.63. The Morgan fingerprint density at radius 2 is 1.94 bits per heavy atom. The van der Waals surface area contributed by atoms with Crippen LogP contribution in [0.4, 0.5) is 0 Å². The molecule has 2 saturated carbocycles. The normalized spacial score (nSPS) is 41.4. The zero-order chi connectivity index (χ0) is 12.4. The van der Waals surface area contributed by atoms with E-state index in [1.807, 2.05) is 6.07 Å². The van der Waals surface area contributed by atoms with Crippen LogP contribution in [0.2, 0.25) is 0 Å². The zero-order valence-corrected chi connectivity index (χ0v) is 10.9. The molecular formula is C14H16O3S. The van der Waals surface area contributed by atoms with Crippen molar-refractivity contribution in [3.63, 3.8) is 0 Å². The van der Waals surface area contributed by atoms with Crippen molar-refractivity contribution in [2.45, 2.75) is 41.6 Å². The van der Waals surface area contributed by atoms with Crippen LogP contribution in [0.5, 0.6) is 0 Å². The highest BCUT2D eigenvalue weighted by Crippen LogP contribution is 2.63. The minimum absolute atomic E-state index is 0.322. The highest BCUT2D eigenvalue weighted by Gasteiger charge is 2.71. The Morgan fingerprint density at radius 3 is 2.56 bits per heavy atom. The van der Waals surface area contributed by atoms with Crippen molar-refractivity contribution < 1.29 is 13.2 Å². The Kier molecular flexibility index (Phi) is 2.06. The SMILES string of the molecule is O=S(=O)(c1ccccc1)C1OC12CC1CCC2C1. The lowest BCUT2D eigenvalue weighted by Gasteiger charge is -2.17. The lowest BCUT2D eigenvalue weighted by Crippen LogP contribution is -2.27. The molecule has 96 valence electrons. The maximum absolute atomic E-state index is 12.5. The van der Waals surface area contributed by atoms with Crippen molar-refractivity contribution in [1.82, 2.24) is 0 Å². The van der Waals surface area contributed by atoms with E-state index in [0.29, 0.717) is 16.7 Å². The fourth-order valence-corrected chi connectivity index (χ4v) is 5.88. The van der Waals surface area contributed by atoms with E-state index in [1.54, 1.807) is 24.3 Å². The summed E-state index contributed by atoms with van der Waals surface area (Å²) in [4.78, 5) is 0.398. The minimum atomic E-state index is -3.30. The number of fused-ring (bicyclic) bond motifs is 3. The van der Waals surface area contributed by atoms with Crippen LogP contribution in [0.25, 0.3) is 0 Å². The minimum Gasteiger partial charge on any atom is -0.348 e. The van der Waals surface area contributed by atoms with Gasteiger partial charge in [-0.15, -0.1) is 0 Å². The number of hydrogen-bond donors (Lipinski definition) is 0. The summed E-state index contributed by atoms with van der Waals surface area (Å²) in [6.07, 6.45) is 4.52. The Labute approximate surface area is 107 Å². The summed E-state index contributed by atoms with van der Waals surface area (Å²) in [5.74, 6) is 1.18. The summed E-state index contributed by atoms with van der Waals surface area (Å²) >= 11 is 0. The molecule has 0 aromatic heterocycles. The summed E-state index contributed by atoms with van der Waals surface area (Å²) in [6.45, 7) is 0. The lowest BCUT2D eigenvalue weighted by atomic mass is 9.89. The summed E-state index contributed by atoms with van der Waals surface area (Å²) in [7, 11) is -3.30. The molecule has 1 aromatic rings. The maximum Gasteiger partial charge on any atom is 0.208 e. The fourth-order valence-electron chi connectivity index (χ4n) is 3.98. The molecule has 0 N–H and O–H groups in total. The molecule has 4 heteroatoms. The number of epoxide rings is 1. The van der Waals surface area contributed by atoms with Crippen LogP contribution in [-0.2, 0) is 14.6 Å². The second-order valence-electron chi connectivity index (χ2n) is 5.84. The average Bonchev–Trinajstić information content (AvgIpc) is 2.77. The molecule has 1 aliphatic heterocycles. The molecule has 1 spiro atoms. The van der Waals surface area contributed by atoms with E-state index in [9.17, 15) is 8.42 Å². The van der Waals surface area contributed by atoms with Gasteiger partial charge in [-0.25, -0.2) is 8.42 Å². The van der Waals surface area contributed by atoms with Crippen molar-refractivity contribution in [2.75, 3.05) is 0 Å². The molecule has 0 amide bonds. The summed E-state index contributed by atoms with van der Waals surface area (Å²) < 4.78 is 30.7. The molecule has 0 radical (unpaired) electrons. The quantitative estimate of drug-likeness (QED) is 0.770. The van der Waals surface area contributed by atoms with Crippen LogP contribution in [0.3, 0.4) is 0 Å². The van der Waals surface area contributed by atoms with Crippen molar-refractivity contribution in [2.24, 2.45) is 11.8 Å². The molecular weight excluding hydrogens is 248 g/mol. The first-order valence-electron chi connectivity index (χ1n) is 6.60. The van der Waals surface area contributed by atoms with Gasteiger partial charge in [-0.05, 0) is 49.7 Å². The highest BCUT2D eigenvalue weighted by molar-refractivity contribution is 7.92. The van der Waals surface area contributed by atoms with Crippen molar-refractivity contribution in [1.29, 1.82) is 0 Å². The average molecular weight is 264 g/mol. The predicted molar refractivity (Wildman–Crippen MR) is 66.7 cm³/mol. The summed E-state index contributed by atoms with van der Waals surface area (Å²) in [5, 5.41) is 0. The topological polar surface area (TPSA) is 46.7 Å². The van der Waals surface area contributed by atoms with Crippen LogP contribution < -0.4 is 0 Å². The van der Waals surface area contributed by atoms with Crippen LogP contribution in [0.1, 0.15) is 25.7 Å². The summed E-state index contributed by atoms with van der Waals surface area (Å²) in [6, 6.07) is 8.70. The van der Waals surface area contributed by atoms with Gasteiger partial charge >= 0.3 is 0 Å². The van der Waals surface area contributed by atoms with E-state index >= 15 is 0 Å². The molecule has 3 nitrogen and oxygen atoms in total. The molecule has 3 fully saturated rings. The van der Waals surface area contributed by atoms with Crippen molar-refractivity contribution in [3.8, 4) is 0 Å². The molecule has 1 aromatic carbocycles. The Bertz CT molecular complexity index is 580. The van der Waals surface area contributed by atoms with Crippen molar-refractivity contribution in [3.05, 3.63) is 30.3 Å². The molecule has 18 heavy (non-hydrogen) atoms. The van der Waals surface area contributed by atoms with E-state index in [4.69, 9.17) is 4.74 Å². The number of benzene rings is 1. The second-order valence-corrected chi connectivity index (χ2v) is 7.83. The molecule has 2 bridgehead atoms. The Morgan fingerprint density at radius 1 is 1.17 bits per heavy atom. The van der Waals surface area contributed by atoms with Gasteiger partial charge in [0.1, 0.15) is 5.60 Å². The third-order valence-corrected chi connectivity index (χ3v) is 6.85. The Hall–Kier alpha value is -0.870. The van der Waals surface area contributed by atoms with Crippen LogP contribution >= 0.6 is 0 Å². The molecule has 1 saturated heterocycles. The molecule has 2 aliphatic carbocycles. The second kappa shape index (κ2) is 3.36. The van der Waals surface area contributed by atoms with E-state index in [-0.39, 0.29) is 5.60 Å². The van der Waals surface area contributed by atoms with Gasteiger partial charge in [-0.1, -0.05) is 18.2 Å². The smallest absolute Gasteiger partial charge is 0.208 e. The Balaban J connectivity index is 1.67. The molecule has 4 rings (SSSR count). The van der Waals surface area contributed by atoms with Gasteiger partial charge in [0.15, 0.2) is 5.44 Å². The molecule has 3 aliphatic rings. The third kappa shape index (κ3) is 1.30. The largest absolute Gasteiger partial charge is 0.348 e. The molecule has 4 atom stereocenters. The fraction of sp³-hybridized carbons (Fsp3) is 0.571. The van der Waals surface area contributed by atoms with Crippen LogP contribution in [0.15, 0.2) is 35.2 Å². The number of rotatable bonds is 2. The predicted octanol–water partition coefficient (Wildman–Crippen LogP) is 2.38. The highest BCUT2D eigenvalue weighted by atomic mass is 32.2. The first-order valence-corrected chi connectivity index (χ1v) is 8.14. The number of hydrogen-bond acceptors (Lipinski definition) is 3. The third-order valence-electron chi connectivity index (χ3n) is 4.86. The van der Waals surface area contributed by atoms with E-state index in [1.165, 1.54) is 12.8 Å². The summed E-state index contributed by atoms with van der Waals surface area (Å²) in [5.41, 5.74) is -0.903. The van der Waals surface area contributed by atoms with E-state index in [0.717, 1.165) is 12.8 Å². The van der Waals surface area contributed by atoms with E-state index in [2.05, 4.69) is 0 Å². The van der Waals surface area contributed by atoms with E-state index < -0.39 is 15.3 Å². The van der Waals surface area contributed by atoms with Crippen molar-refractivity contribution >= 4 is 9.84 Å². The maximum atomic E-state index is 12.5. The van der Waals surface area contributed by atoms with Gasteiger partial charge in [0, 0.05) is 0 Å². The standard InChI is InChI=1S/C14H16O3S/c15-18(16,12-4-2-1-3-5-12)13-14(17-13)9-10-6-7-11(14)8-10/h1-5,10-11,13H,6-9H2. The zero-order valence-electron chi connectivity index (χ0n) is 10.1. The first kappa shape index (κ1) is 11.0. The van der Waals surface area contributed by atoms with Gasteiger partial charge in [-0.2, -0.15) is 0 Å². The number of ether oxygens (including phenoxy) is 1. The lowest BCUT2D eigenvalue weighted by molar-refractivity contribution is 0.217. The van der Waals surface area contributed by atoms with Gasteiger partial charge < -0.3 is 4.74 Å². The molecule has 1 heterocycles. The van der Waals surface area contributed by atoms with Crippen LogP contribution in [0, 0.1) is 11.8 Å². The van der Waals surface area contributed by atoms with Gasteiger partial charge in [-0.3, -0.25) is 0 Å². The van der Waals surface area contributed by atoms with Gasteiger partial charge in [0.05, 0.1) is 4.90 Å². The van der Waals surface area contributed by atoms with Gasteiger partial charge in [0.25, 0.3) is 0 Å². The number of sulfone groups is 1. The van der Waals surface area contributed by atoms with Gasteiger partial charge in [0.2, 0.25) is 9.84 Å².